The Balaban J connectivity index is 1.43. The van der Waals surface area contributed by atoms with Gasteiger partial charge in [0.05, 0.1) is 11.0 Å². The number of aryl methyl sites for hydroxylation is 1. The fraction of sp³-hybridized carbons (Fsp3) is 0.652. The lowest BCUT2D eigenvalue weighted by atomic mass is 9.94. The summed E-state index contributed by atoms with van der Waals surface area (Å²) in [7, 11) is 0. The van der Waals surface area contributed by atoms with Gasteiger partial charge < -0.3 is 9.80 Å². The van der Waals surface area contributed by atoms with Crippen LogP contribution in [0.1, 0.15) is 39.5 Å². The fourth-order valence-electron chi connectivity index (χ4n) is 5.02. The standard InChI is InChI=1S/C23H34N4O2/c1-3-26-20-8-4-5-9-21(20)27(23(26)29)17-22(28)25-12-6-7-19(16-25)15-24-13-10-18(2)11-14-24/h4-5,8-9,18-19H,3,6-7,10-17H2,1-2H3. The Kier molecular flexibility index (Phi) is 6.09. The topological polar surface area (TPSA) is 50.5 Å². The van der Waals surface area contributed by atoms with Crippen LogP contribution in [0, 0.1) is 11.8 Å². The van der Waals surface area contributed by atoms with E-state index in [-0.39, 0.29) is 18.1 Å². The number of hydrogen-bond acceptors (Lipinski definition) is 3. The third-order valence-corrected chi connectivity index (χ3v) is 6.80. The van der Waals surface area contributed by atoms with E-state index in [2.05, 4.69) is 11.8 Å². The zero-order chi connectivity index (χ0) is 20.4. The molecule has 0 aliphatic carbocycles. The van der Waals surface area contributed by atoms with Crippen LogP contribution >= 0.6 is 0 Å². The number of nitrogens with zero attached hydrogens (tertiary/aromatic N) is 4. The zero-order valence-electron chi connectivity index (χ0n) is 17.8. The fourth-order valence-corrected chi connectivity index (χ4v) is 5.02. The first kappa shape index (κ1) is 20.2. The Morgan fingerprint density at radius 1 is 1.03 bits per heavy atom. The summed E-state index contributed by atoms with van der Waals surface area (Å²) in [5.74, 6) is 1.47. The summed E-state index contributed by atoms with van der Waals surface area (Å²) >= 11 is 0. The molecule has 0 saturated carbocycles. The van der Waals surface area contributed by atoms with Crippen molar-refractivity contribution in [2.75, 3.05) is 32.7 Å². The van der Waals surface area contributed by atoms with Crippen molar-refractivity contribution in [3.8, 4) is 0 Å². The highest BCUT2D eigenvalue weighted by atomic mass is 16.2. The van der Waals surface area contributed by atoms with Crippen LogP contribution in [-0.4, -0.2) is 57.6 Å². The maximum absolute atomic E-state index is 13.1. The number of likely N-dealkylation sites (tertiary alicyclic amines) is 2. The van der Waals surface area contributed by atoms with Crippen LogP contribution in [0.4, 0.5) is 0 Å². The highest BCUT2D eigenvalue weighted by Gasteiger charge is 2.27. The van der Waals surface area contributed by atoms with Crippen molar-refractivity contribution >= 4 is 16.9 Å². The molecule has 2 fully saturated rings. The van der Waals surface area contributed by atoms with Gasteiger partial charge in [-0.25, -0.2) is 4.79 Å². The molecular weight excluding hydrogens is 364 g/mol. The van der Waals surface area contributed by atoms with E-state index in [9.17, 15) is 9.59 Å². The molecule has 3 heterocycles. The summed E-state index contributed by atoms with van der Waals surface area (Å²) in [4.78, 5) is 30.5. The van der Waals surface area contributed by atoms with Gasteiger partial charge in [0.25, 0.3) is 0 Å². The summed E-state index contributed by atoms with van der Waals surface area (Å²) in [6.45, 7) is 10.2. The molecule has 0 N–H and O–H groups in total. The lowest BCUT2D eigenvalue weighted by molar-refractivity contribution is -0.133. The highest BCUT2D eigenvalue weighted by Crippen LogP contribution is 2.22. The number of piperidine rings is 2. The molecule has 2 aliphatic rings. The van der Waals surface area contributed by atoms with E-state index in [1.165, 1.54) is 32.4 Å². The minimum atomic E-state index is -0.0851. The number of fused-ring (bicyclic) bond motifs is 1. The van der Waals surface area contributed by atoms with Gasteiger partial charge in [-0.15, -0.1) is 0 Å². The Labute approximate surface area is 173 Å². The first-order valence-electron chi connectivity index (χ1n) is 11.2. The normalized spacial score (nSPS) is 21.7. The molecule has 0 bridgehead atoms. The molecule has 2 aliphatic heterocycles. The average molecular weight is 399 g/mol. The predicted octanol–water partition coefficient (Wildman–Crippen LogP) is 2.79. The van der Waals surface area contributed by atoms with E-state index in [1.54, 1.807) is 9.13 Å². The maximum Gasteiger partial charge on any atom is 0.329 e. The molecule has 6 heteroatoms. The highest BCUT2D eigenvalue weighted by molar-refractivity contribution is 5.81. The molecule has 1 atom stereocenters. The molecule has 2 saturated heterocycles. The molecule has 1 aromatic carbocycles. The first-order valence-corrected chi connectivity index (χ1v) is 11.2. The number of carbonyl (C=O) groups excluding carboxylic acids is 1. The van der Waals surface area contributed by atoms with Gasteiger partial charge in [-0.05, 0) is 69.7 Å². The van der Waals surface area contributed by atoms with E-state index in [0.717, 1.165) is 43.0 Å². The van der Waals surface area contributed by atoms with Crippen molar-refractivity contribution in [3.63, 3.8) is 0 Å². The molecule has 0 spiro atoms. The second kappa shape index (κ2) is 8.74. The minimum absolute atomic E-state index is 0.0723. The summed E-state index contributed by atoms with van der Waals surface area (Å²) in [6.07, 6.45) is 4.84. The quantitative estimate of drug-likeness (QED) is 0.778. The number of para-hydroxylation sites is 2. The molecule has 1 aromatic heterocycles. The number of benzene rings is 1. The molecule has 158 valence electrons. The Morgan fingerprint density at radius 3 is 2.41 bits per heavy atom. The van der Waals surface area contributed by atoms with Crippen LogP contribution in [-0.2, 0) is 17.9 Å². The molecule has 4 rings (SSSR count). The van der Waals surface area contributed by atoms with Gasteiger partial charge in [0.15, 0.2) is 0 Å². The number of carbonyl (C=O) groups is 1. The minimum Gasteiger partial charge on any atom is -0.341 e. The molecule has 6 nitrogen and oxygen atoms in total. The number of hydrogen-bond donors (Lipinski definition) is 0. The SMILES string of the molecule is CCn1c(=O)n(CC(=O)N2CCCC(CN3CCC(C)CC3)C2)c2ccccc21. The lowest BCUT2D eigenvalue weighted by Gasteiger charge is -2.38. The smallest absolute Gasteiger partial charge is 0.329 e. The Bertz CT molecular complexity index is 907. The van der Waals surface area contributed by atoms with Crippen molar-refractivity contribution in [2.24, 2.45) is 11.8 Å². The predicted molar refractivity (Wildman–Crippen MR) is 116 cm³/mol. The zero-order valence-corrected chi connectivity index (χ0v) is 17.8. The largest absolute Gasteiger partial charge is 0.341 e. The van der Waals surface area contributed by atoms with Crippen LogP contribution in [0.5, 0.6) is 0 Å². The van der Waals surface area contributed by atoms with Crippen molar-refractivity contribution < 1.29 is 4.79 Å². The first-order chi connectivity index (χ1) is 14.1. The van der Waals surface area contributed by atoms with Crippen LogP contribution < -0.4 is 5.69 Å². The van der Waals surface area contributed by atoms with E-state index in [4.69, 9.17) is 0 Å². The number of rotatable bonds is 5. The van der Waals surface area contributed by atoms with Crippen molar-refractivity contribution in [2.45, 2.75) is 52.6 Å². The summed E-state index contributed by atoms with van der Waals surface area (Å²) < 4.78 is 3.40. The summed E-state index contributed by atoms with van der Waals surface area (Å²) in [5, 5.41) is 0. The van der Waals surface area contributed by atoms with Gasteiger partial charge in [-0.1, -0.05) is 19.1 Å². The molecular formula is C23H34N4O2. The van der Waals surface area contributed by atoms with Crippen LogP contribution in [0.25, 0.3) is 11.0 Å². The monoisotopic (exact) mass is 398 g/mol. The third-order valence-electron chi connectivity index (χ3n) is 6.80. The second-order valence-corrected chi connectivity index (χ2v) is 8.93. The number of aromatic nitrogens is 2. The van der Waals surface area contributed by atoms with Crippen molar-refractivity contribution in [1.29, 1.82) is 0 Å². The van der Waals surface area contributed by atoms with Crippen molar-refractivity contribution in [1.82, 2.24) is 18.9 Å². The maximum atomic E-state index is 13.1. The van der Waals surface area contributed by atoms with E-state index in [0.29, 0.717) is 12.5 Å². The summed E-state index contributed by atoms with van der Waals surface area (Å²) in [6, 6.07) is 7.76. The second-order valence-electron chi connectivity index (χ2n) is 8.93. The summed E-state index contributed by atoms with van der Waals surface area (Å²) in [5.41, 5.74) is 1.67. The lowest BCUT2D eigenvalue weighted by Crippen LogP contribution is -2.46. The van der Waals surface area contributed by atoms with Gasteiger partial charge in [-0.3, -0.25) is 13.9 Å². The van der Waals surface area contributed by atoms with E-state index in [1.807, 2.05) is 36.1 Å². The molecule has 1 unspecified atom stereocenters. The Morgan fingerprint density at radius 2 is 1.72 bits per heavy atom. The van der Waals surface area contributed by atoms with Gasteiger partial charge in [0.2, 0.25) is 5.91 Å². The van der Waals surface area contributed by atoms with Crippen LogP contribution in [0.15, 0.2) is 29.1 Å². The van der Waals surface area contributed by atoms with E-state index >= 15 is 0 Å². The van der Waals surface area contributed by atoms with Crippen LogP contribution in [0.2, 0.25) is 0 Å². The van der Waals surface area contributed by atoms with Crippen LogP contribution in [0.3, 0.4) is 0 Å². The molecule has 29 heavy (non-hydrogen) atoms. The third kappa shape index (κ3) is 4.27. The molecule has 1 amide bonds. The average Bonchev–Trinajstić information content (AvgIpc) is 3.01. The van der Waals surface area contributed by atoms with Crippen molar-refractivity contribution in [3.05, 3.63) is 34.7 Å². The molecule has 0 radical (unpaired) electrons. The molecule has 2 aromatic rings. The van der Waals surface area contributed by atoms with Gasteiger partial charge >= 0.3 is 5.69 Å². The van der Waals surface area contributed by atoms with Gasteiger partial charge in [0, 0.05) is 26.2 Å². The van der Waals surface area contributed by atoms with Gasteiger partial charge in [0.1, 0.15) is 6.54 Å². The van der Waals surface area contributed by atoms with Gasteiger partial charge in [-0.2, -0.15) is 0 Å². The van der Waals surface area contributed by atoms with E-state index < -0.39 is 0 Å². The number of amides is 1. The Hall–Kier alpha value is -2.08. The number of imidazole rings is 1.